The highest BCUT2D eigenvalue weighted by Gasteiger charge is 2.48. The van der Waals surface area contributed by atoms with Gasteiger partial charge >= 0.3 is 15.6 Å². The molecule has 0 aliphatic heterocycles. The largest absolute Gasteiger partial charge is 0.534 e. The summed E-state index contributed by atoms with van der Waals surface area (Å²) in [7, 11) is -4.36. The van der Waals surface area contributed by atoms with Gasteiger partial charge in [-0.1, -0.05) is 24.3 Å². The van der Waals surface area contributed by atoms with Gasteiger partial charge in [0.1, 0.15) is 11.5 Å². The molecule has 3 rings (SSSR count). The van der Waals surface area contributed by atoms with Gasteiger partial charge < -0.3 is 13.7 Å². The van der Waals surface area contributed by atoms with Crippen molar-refractivity contribution in [1.29, 1.82) is 0 Å². The smallest absolute Gasteiger partial charge is 0.496 e. The minimum Gasteiger partial charge on any atom is -0.496 e. The second-order valence-corrected chi connectivity index (χ2v) is 7.83. The second kappa shape index (κ2) is 7.05. The zero-order chi connectivity index (χ0) is 20.7. The SMILES string of the molecule is COc1cc(OC(C)C)cc2cc(OS(=O)(=O)C(F)(F)F)c3ccccc3c12. The van der Waals surface area contributed by atoms with E-state index in [2.05, 4.69) is 4.18 Å². The van der Waals surface area contributed by atoms with Crippen molar-refractivity contribution in [2.75, 3.05) is 7.11 Å². The van der Waals surface area contributed by atoms with Crippen molar-refractivity contribution < 1.29 is 35.2 Å². The minimum atomic E-state index is -5.82. The lowest BCUT2D eigenvalue weighted by molar-refractivity contribution is -0.0499. The first-order chi connectivity index (χ1) is 13.0. The Morgan fingerprint density at radius 3 is 2.18 bits per heavy atom. The van der Waals surface area contributed by atoms with Crippen LogP contribution in [0.5, 0.6) is 17.2 Å². The third kappa shape index (κ3) is 3.66. The lowest BCUT2D eigenvalue weighted by Gasteiger charge is -2.17. The number of methoxy groups -OCH3 is 1. The van der Waals surface area contributed by atoms with Gasteiger partial charge in [0.05, 0.1) is 13.2 Å². The highest BCUT2D eigenvalue weighted by Crippen LogP contribution is 2.42. The van der Waals surface area contributed by atoms with Gasteiger partial charge in [-0.25, -0.2) is 0 Å². The summed E-state index contributed by atoms with van der Waals surface area (Å²) in [5.41, 5.74) is -5.54. The average Bonchev–Trinajstić information content (AvgIpc) is 2.59. The number of alkyl halides is 3. The first-order valence-electron chi connectivity index (χ1n) is 8.24. The fourth-order valence-corrected chi connectivity index (χ4v) is 3.35. The van der Waals surface area contributed by atoms with Crippen LogP contribution in [0.3, 0.4) is 0 Å². The molecule has 0 saturated heterocycles. The summed E-state index contributed by atoms with van der Waals surface area (Å²) in [4.78, 5) is 0. The number of hydrogen-bond donors (Lipinski definition) is 0. The highest BCUT2D eigenvalue weighted by atomic mass is 32.2. The third-order valence-corrected chi connectivity index (χ3v) is 4.90. The van der Waals surface area contributed by atoms with E-state index in [0.29, 0.717) is 27.7 Å². The molecule has 0 saturated carbocycles. The van der Waals surface area contributed by atoms with Gasteiger partial charge in [0, 0.05) is 16.8 Å². The third-order valence-electron chi connectivity index (χ3n) is 3.93. The number of ether oxygens (including phenoxy) is 2. The van der Waals surface area contributed by atoms with Crippen molar-refractivity contribution in [3.63, 3.8) is 0 Å². The van der Waals surface area contributed by atoms with Gasteiger partial charge in [0.25, 0.3) is 0 Å². The summed E-state index contributed by atoms with van der Waals surface area (Å²) < 4.78 is 77.0. The predicted molar refractivity (Wildman–Crippen MR) is 99.4 cm³/mol. The topological polar surface area (TPSA) is 61.8 Å². The van der Waals surface area contributed by atoms with Gasteiger partial charge in [0.15, 0.2) is 5.75 Å². The highest BCUT2D eigenvalue weighted by molar-refractivity contribution is 7.88. The van der Waals surface area contributed by atoms with Crippen molar-refractivity contribution in [2.24, 2.45) is 0 Å². The van der Waals surface area contributed by atoms with Crippen LogP contribution in [0.4, 0.5) is 13.2 Å². The summed E-state index contributed by atoms with van der Waals surface area (Å²) >= 11 is 0. The molecule has 28 heavy (non-hydrogen) atoms. The fraction of sp³-hybridized carbons (Fsp3) is 0.263. The maximum atomic E-state index is 12.8. The molecule has 3 aromatic carbocycles. The number of halogens is 3. The van der Waals surface area contributed by atoms with Gasteiger partial charge in [-0.2, -0.15) is 21.6 Å². The first-order valence-corrected chi connectivity index (χ1v) is 9.65. The Balaban J connectivity index is 2.33. The van der Waals surface area contributed by atoms with Crippen LogP contribution in [0.2, 0.25) is 0 Å². The summed E-state index contributed by atoms with van der Waals surface area (Å²) in [5.74, 6) is 0.443. The standard InChI is InChI=1S/C19H17F3O5S/c1-11(2)26-13-8-12-9-16(27-28(23,24)19(20,21)22)14-6-4-5-7-15(14)18(12)17(10-13)25-3/h4-11H,1-3H3. The van der Waals surface area contributed by atoms with E-state index in [0.717, 1.165) is 0 Å². The van der Waals surface area contributed by atoms with Crippen molar-refractivity contribution in [3.8, 4) is 17.2 Å². The van der Waals surface area contributed by atoms with Gasteiger partial charge in [-0.15, -0.1) is 0 Å². The molecule has 0 fully saturated rings. The zero-order valence-electron chi connectivity index (χ0n) is 15.2. The molecule has 5 nitrogen and oxygen atoms in total. The van der Waals surface area contributed by atoms with Crippen LogP contribution in [-0.4, -0.2) is 27.1 Å². The Labute approximate surface area is 159 Å². The van der Waals surface area contributed by atoms with Crippen molar-refractivity contribution in [2.45, 2.75) is 25.5 Å². The minimum absolute atomic E-state index is 0.149. The van der Waals surface area contributed by atoms with E-state index < -0.39 is 21.4 Å². The van der Waals surface area contributed by atoms with E-state index in [1.807, 2.05) is 13.8 Å². The predicted octanol–water partition coefficient (Wildman–Crippen LogP) is 5.02. The molecule has 0 N–H and O–H groups in total. The Morgan fingerprint density at radius 1 is 0.964 bits per heavy atom. The van der Waals surface area contributed by atoms with Crippen LogP contribution in [0, 0.1) is 0 Å². The molecule has 3 aromatic rings. The summed E-state index contributed by atoms with van der Waals surface area (Å²) in [6.45, 7) is 3.64. The lowest BCUT2D eigenvalue weighted by atomic mass is 10.00. The zero-order valence-corrected chi connectivity index (χ0v) is 16.0. The van der Waals surface area contributed by atoms with Crippen LogP contribution in [-0.2, 0) is 10.1 Å². The lowest BCUT2D eigenvalue weighted by Crippen LogP contribution is -2.28. The molecule has 0 amide bonds. The van der Waals surface area contributed by atoms with Crippen molar-refractivity contribution in [3.05, 3.63) is 42.5 Å². The average molecular weight is 414 g/mol. The Morgan fingerprint density at radius 2 is 1.61 bits per heavy atom. The number of benzene rings is 3. The normalized spacial score (nSPS) is 12.5. The van der Waals surface area contributed by atoms with E-state index in [9.17, 15) is 21.6 Å². The quantitative estimate of drug-likeness (QED) is 0.333. The fourth-order valence-electron chi connectivity index (χ4n) is 2.88. The van der Waals surface area contributed by atoms with E-state index in [1.165, 1.54) is 19.2 Å². The molecular formula is C19H17F3O5S. The van der Waals surface area contributed by atoms with E-state index in [-0.39, 0.29) is 11.5 Å². The Hall–Kier alpha value is -2.68. The molecule has 0 atom stereocenters. The first kappa shape index (κ1) is 20.1. The van der Waals surface area contributed by atoms with Crippen LogP contribution < -0.4 is 13.7 Å². The molecule has 0 bridgehead atoms. The molecule has 9 heteroatoms. The van der Waals surface area contributed by atoms with Crippen LogP contribution in [0.15, 0.2) is 42.5 Å². The molecule has 150 valence electrons. The van der Waals surface area contributed by atoms with Gasteiger partial charge in [-0.3, -0.25) is 0 Å². The Kier molecular flexibility index (Phi) is 5.05. The molecule has 0 aliphatic rings. The summed E-state index contributed by atoms with van der Waals surface area (Å²) in [6.07, 6.45) is -0.149. The maximum absolute atomic E-state index is 12.8. The van der Waals surface area contributed by atoms with Crippen molar-refractivity contribution in [1.82, 2.24) is 0 Å². The number of rotatable bonds is 5. The summed E-state index contributed by atoms with van der Waals surface area (Å²) in [6, 6.07) is 10.9. The molecule has 0 aliphatic carbocycles. The Bertz CT molecular complexity index is 1140. The summed E-state index contributed by atoms with van der Waals surface area (Å²) in [5, 5.41) is 1.71. The molecule has 0 heterocycles. The van der Waals surface area contributed by atoms with Crippen LogP contribution in [0.25, 0.3) is 21.5 Å². The number of hydrogen-bond acceptors (Lipinski definition) is 5. The molecule has 0 aromatic heterocycles. The van der Waals surface area contributed by atoms with Gasteiger partial charge in [0.2, 0.25) is 0 Å². The van der Waals surface area contributed by atoms with E-state index >= 15 is 0 Å². The van der Waals surface area contributed by atoms with Crippen molar-refractivity contribution >= 4 is 31.7 Å². The molecule has 0 radical (unpaired) electrons. The van der Waals surface area contributed by atoms with Gasteiger partial charge in [-0.05, 0) is 36.8 Å². The monoisotopic (exact) mass is 414 g/mol. The molecular weight excluding hydrogens is 397 g/mol. The van der Waals surface area contributed by atoms with E-state index in [4.69, 9.17) is 9.47 Å². The number of fused-ring (bicyclic) bond motifs is 3. The van der Waals surface area contributed by atoms with E-state index in [1.54, 1.807) is 30.3 Å². The molecule has 0 spiro atoms. The van der Waals surface area contributed by atoms with Crippen LogP contribution >= 0.6 is 0 Å². The molecule has 0 unspecified atom stereocenters. The van der Waals surface area contributed by atoms with Crippen LogP contribution in [0.1, 0.15) is 13.8 Å². The second-order valence-electron chi connectivity index (χ2n) is 6.29. The maximum Gasteiger partial charge on any atom is 0.534 e.